The average molecular weight is 239 g/mol. The lowest BCUT2D eigenvalue weighted by Crippen LogP contribution is -2.34. The van der Waals surface area contributed by atoms with E-state index in [1.54, 1.807) is 24.3 Å². The molecule has 1 aromatic carbocycles. The smallest absolute Gasteiger partial charge is 0.216 e. The molecular formula is C12H17NO4. The molecule has 0 aliphatic rings. The molecule has 0 saturated heterocycles. The molecule has 5 nitrogen and oxygen atoms in total. The Morgan fingerprint density at radius 1 is 1.41 bits per heavy atom. The molecular weight excluding hydrogens is 222 g/mol. The highest BCUT2D eigenvalue weighted by Gasteiger charge is 2.21. The average Bonchev–Trinajstić information content (AvgIpc) is 2.34. The van der Waals surface area contributed by atoms with Gasteiger partial charge in [-0.2, -0.15) is 0 Å². The van der Waals surface area contributed by atoms with Crippen LogP contribution in [0.3, 0.4) is 0 Å². The van der Waals surface area contributed by atoms with Gasteiger partial charge in [-0.05, 0) is 6.07 Å². The van der Waals surface area contributed by atoms with Crippen LogP contribution in [0.5, 0.6) is 5.75 Å². The van der Waals surface area contributed by atoms with E-state index in [1.807, 2.05) is 0 Å². The number of aliphatic hydroxyl groups excluding tert-OH is 2. The van der Waals surface area contributed by atoms with Crippen LogP contribution in [0.25, 0.3) is 0 Å². The van der Waals surface area contributed by atoms with E-state index in [-0.39, 0.29) is 12.5 Å². The third-order valence-electron chi connectivity index (χ3n) is 2.38. The fourth-order valence-electron chi connectivity index (χ4n) is 1.48. The standard InChI is InChI=1S/C12H17NO4/c1-8(14)13-7-10(15)12(16)9-5-3-4-6-11(9)17-2/h3-6,10,12,15-16H,7H2,1-2H3,(H,13,14). The minimum absolute atomic E-state index is 0.00541. The van der Waals surface area contributed by atoms with Gasteiger partial charge in [0.15, 0.2) is 0 Å². The predicted octanol–water partition coefficient (Wildman–Crippen LogP) is 0.226. The normalized spacial score (nSPS) is 13.9. The van der Waals surface area contributed by atoms with Gasteiger partial charge in [-0.25, -0.2) is 0 Å². The van der Waals surface area contributed by atoms with Crippen molar-refractivity contribution < 1.29 is 19.7 Å². The second-order valence-corrected chi connectivity index (χ2v) is 3.69. The summed E-state index contributed by atoms with van der Waals surface area (Å²) in [6.45, 7) is 1.34. The number of nitrogens with one attached hydrogen (secondary N) is 1. The lowest BCUT2D eigenvalue weighted by molar-refractivity contribution is -0.119. The fourth-order valence-corrected chi connectivity index (χ4v) is 1.48. The van der Waals surface area contributed by atoms with Crippen molar-refractivity contribution in [1.29, 1.82) is 0 Å². The first-order valence-electron chi connectivity index (χ1n) is 5.29. The summed E-state index contributed by atoms with van der Waals surface area (Å²) in [5.74, 6) is 0.248. The maximum absolute atomic E-state index is 10.7. The second-order valence-electron chi connectivity index (χ2n) is 3.69. The number of amides is 1. The molecule has 0 aromatic heterocycles. The van der Waals surface area contributed by atoms with E-state index in [9.17, 15) is 15.0 Å². The summed E-state index contributed by atoms with van der Waals surface area (Å²) in [6, 6.07) is 6.88. The Labute approximate surface area is 100 Å². The Kier molecular flexibility index (Phi) is 4.93. The first kappa shape index (κ1) is 13.5. The van der Waals surface area contributed by atoms with Crippen molar-refractivity contribution in [2.45, 2.75) is 19.1 Å². The molecule has 0 radical (unpaired) electrons. The topological polar surface area (TPSA) is 78.8 Å². The van der Waals surface area contributed by atoms with Crippen LogP contribution >= 0.6 is 0 Å². The van der Waals surface area contributed by atoms with Crippen LogP contribution < -0.4 is 10.1 Å². The first-order chi connectivity index (χ1) is 8.06. The largest absolute Gasteiger partial charge is 0.496 e. The first-order valence-corrected chi connectivity index (χ1v) is 5.29. The van der Waals surface area contributed by atoms with Crippen molar-refractivity contribution in [3.05, 3.63) is 29.8 Å². The van der Waals surface area contributed by atoms with E-state index in [1.165, 1.54) is 14.0 Å². The van der Waals surface area contributed by atoms with Gasteiger partial charge in [-0.1, -0.05) is 18.2 Å². The highest BCUT2D eigenvalue weighted by atomic mass is 16.5. The molecule has 0 aliphatic carbocycles. The van der Waals surface area contributed by atoms with Gasteiger partial charge in [0.25, 0.3) is 0 Å². The number of rotatable bonds is 5. The van der Waals surface area contributed by atoms with E-state index in [0.29, 0.717) is 11.3 Å². The lowest BCUT2D eigenvalue weighted by atomic mass is 10.0. The predicted molar refractivity (Wildman–Crippen MR) is 62.6 cm³/mol. The summed E-state index contributed by atoms with van der Waals surface area (Å²) in [4.78, 5) is 10.7. The molecule has 0 fully saturated rings. The summed E-state index contributed by atoms with van der Waals surface area (Å²) >= 11 is 0. The number of para-hydroxylation sites is 1. The monoisotopic (exact) mass is 239 g/mol. The van der Waals surface area contributed by atoms with Crippen LogP contribution in [-0.4, -0.2) is 35.9 Å². The number of hydrogen-bond donors (Lipinski definition) is 3. The third kappa shape index (κ3) is 3.72. The zero-order chi connectivity index (χ0) is 12.8. The van der Waals surface area contributed by atoms with Crippen molar-refractivity contribution >= 4 is 5.91 Å². The molecule has 2 atom stereocenters. The number of ether oxygens (including phenoxy) is 1. The molecule has 0 heterocycles. The van der Waals surface area contributed by atoms with Gasteiger partial charge in [-0.15, -0.1) is 0 Å². The molecule has 2 unspecified atom stereocenters. The van der Waals surface area contributed by atoms with Gasteiger partial charge in [-0.3, -0.25) is 4.79 Å². The van der Waals surface area contributed by atoms with E-state index in [4.69, 9.17) is 4.74 Å². The van der Waals surface area contributed by atoms with Crippen molar-refractivity contribution in [2.75, 3.05) is 13.7 Å². The highest BCUT2D eigenvalue weighted by Crippen LogP contribution is 2.26. The maximum Gasteiger partial charge on any atom is 0.216 e. The molecule has 0 spiro atoms. The summed E-state index contributed by atoms with van der Waals surface area (Å²) < 4.78 is 5.08. The van der Waals surface area contributed by atoms with Crippen molar-refractivity contribution in [1.82, 2.24) is 5.32 Å². The summed E-state index contributed by atoms with van der Waals surface area (Å²) in [5, 5.41) is 22.1. The van der Waals surface area contributed by atoms with Crippen LogP contribution in [0, 0.1) is 0 Å². The second kappa shape index (κ2) is 6.22. The minimum atomic E-state index is -1.10. The zero-order valence-electron chi connectivity index (χ0n) is 9.88. The van der Waals surface area contributed by atoms with Gasteiger partial charge < -0.3 is 20.3 Å². The molecule has 1 aromatic rings. The number of carbonyl (C=O) groups excluding carboxylic acids is 1. The van der Waals surface area contributed by atoms with E-state index < -0.39 is 12.2 Å². The molecule has 0 aliphatic heterocycles. The van der Waals surface area contributed by atoms with Crippen LogP contribution in [0.4, 0.5) is 0 Å². The maximum atomic E-state index is 10.7. The van der Waals surface area contributed by atoms with E-state index in [0.717, 1.165) is 0 Å². The molecule has 1 rings (SSSR count). The lowest BCUT2D eigenvalue weighted by Gasteiger charge is -2.20. The number of methoxy groups -OCH3 is 1. The highest BCUT2D eigenvalue weighted by molar-refractivity contribution is 5.72. The number of benzene rings is 1. The Morgan fingerprint density at radius 2 is 2.06 bits per heavy atom. The Balaban J connectivity index is 2.73. The summed E-state index contributed by atoms with van der Waals surface area (Å²) in [7, 11) is 1.49. The van der Waals surface area contributed by atoms with Crippen molar-refractivity contribution in [3.63, 3.8) is 0 Å². The molecule has 5 heteroatoms. The molecule has 0 saturated carbocycles. The van der Waals surface area contributed by atoms with Crippen LogP contribution in [0.1, 0.15) is 18.6 Å². The molecule has 0 bridgehead atoms. The van der Waals surface area contributed by atoms with Gasteiger partial charge in [0.1, 0.15) is 18.0 Å². The van der Waals surface area contributed by atoms with Crippen molar-refractivity contribution in [3.8, 4) is 5.75 Å². The molecule has 1 amide bonds. The van der Waals surface area contributed by atoms with Gasteiger partial charge >= 0.3 is 0 Å². The van der Waals surface area contributed by atoms with Crippen LogP contribution in [0.2, 0.25) is 0 Å². The molecule has 17 heavy (non-hydrogen) atoms. The minimum Gasteiger partial charge on any atom is -0.496 e. The van der Waals surface area contributed by atoms with Gasteiger partial charge in [0, 0.05) is 19.0 Å². The number of aliphatic hydroxyl groups is 2. The van der Waals surface area contributed by atoms with Crippen molar-refractivity contribution in [2.24, 2.45) is 0 Å². The fraction of sp³-hybridized carbons (Fsp3) is 0.417. The van der Waals surface area contributed by atoms with E-state index >= 15 is 0 Å². The Morgan fingerprint density at radius 3 is 2.65 bits per heavy atom. The number of hydrogen-bond acceptors (Lipinski definition) is 4. The van der Waals surface area contributed by atoms with E-state index in [2.05, 4.69) is 5.32 Å². The van der Waals surface area contributed by atoms with Gasteiger partial charge in [0.2, 0.25) is 5.91 Å². The molecule has 94 valence electrons. The third-order valence-corrected chi connectivity index (χ3v) is 2.38. The Bertz CT molecular complexity index is 381. The Hall–Kier alpha value is -1.59. The quantitative estimate of drug-likeness (QED) is 0.687. The SMILES string of the molecule is COc1ccccc1C(O)C(O)CNC(C)=O. The molecule has 3 N–H and O–H groups in total. The van der Waals surface area contributed by atoms with Crippen LogP contribution in [0.15, 0.2) is 24.3 Å². The van der Waals surface area contributed by atoms with Gasteiger partial charge in [0.05, 0.1) is 7.11 Å². The summed E-state index contributed by atoms with van der Waals surface area (Å²) in [5.41, 5.74) is 0.493. The number of carbonyl (C=O) groups is 1. The van der Waals surface area contributed by atoms with Crippen LogP contribution in [-0.2, 0) is 4.79 Å². The summed E-state index contributed by atoms with van der Waals surface area (Å²) in [6.07, 6.45) is -2.17. The zero-order valence-corrected chi connectivity index (χ0v) is 9.88.